The molecule has 8 nitrogen and oxygen atoms in total. The summed E-state index contributed by atoms with van der Waals surface area (Å²) in [5.41, 5.74) is 2.85. The molecular formula is C32H39N3O5S. The second kappa shape index (κ2) is 13.2. The highest BCUT2D eigenvalue weighted by Gasteiger charge is 2.34. The maximum Gasteiger partial charge on any atom is 0.264 e. The first kappa shape index (κ1) is 30.1. The minimum Gasteiger partial charge on any atom is -0.497 e. The summed E-state index contributed by atoms with van der Waals surface area (Å²) in [6, 6.07) is 20.0. The lowest BCUT2D eigenvalue weighted by atomic mass is 10.1. The number of carbonyl (C=O) groups is 2. The smallest absolute Gasteiger partial charge is 0.264 e. The fourth-order valence-electron chi connectivity index (χ4n) is 5.18. The molecule has 9 heteroatoms. The molecular weight excluding hydrogens is 538 g/mol. The summed E-state index contributed by atoms with van der Waals surface area (Å²) in [5, 5.41) is 3.09. The zero-order valence-electron chi connectivity index (χ0n) is 24.2. The number of ether oxygens (including phenoxy) is 1. The van der Waals surface area contributed by atoms with E-state index in [1.54, 1.807) is 50.4 Å². The van der Waals surface area contributed by atoms with E-state index in [1.165, 1.54) is 17.0 Å². The minimum atomic E-state index is -4.10. The van der Waals surface area contributed by atoms with Crippen molar-refractivity contribution in [3.05, 3.63) is 89.5 Å². The molecule has 0 bridgehead atoms. The summed E-state index contributed by atoms with van der Waals surface area (Å²) in [5.74, 6) is -0.110. The van der Waals surface area contributed by atoms with Crippen LogP contribution in [0.3, 0.4) is 0 Å². The quantitative estimate of drug-likeness (QED) is 0.347. The molecule has 3 aromatic carbocycles. The highest BCUT2D eigenvalue weighted by molar-refractivity contribution is 7.92. The second-order valence-electron chi connectivity index (χ2n) is 10.6. The van der Waals surface area contributed by atoms with Gasteiger partial charge in [-0.3, -0.25) is 13.9 Å². The van der Waals surface area contributed by atoms with Crippen LogP contribution in [0.5, 0.6) is 5.75 Å². The summed E-state index contributed by atoms with van der Waals surface area (Å²) >= 11 is 0. The predicted molar refractivity (Wildman–Crippen MR) is 160 cm³/mol. The van der Waals surface area contributed by atoms with Gasteiger partial charge < -0.3 is 15.0 Å². The SMILES string of the molecule is COc1cccc(CN(C(=O)CN(c2cccc(C)c2C)S(=O)(=O)c2ccccc2)C(C)C(=O)NC2CCCC2)c1. The van der Waals surface area contributed by atoms with Gasteiger partial charge in [-0.25, -0.2) is 8.42 Å². The molecule has 41 heavy (non-hydrogen) atoms. The van der Waals surface area contributed by atoms with Crippen molar-refractivity contribution in [1.82, 2.24) is 10.2 Å². The zero-order valence-corrected chi connectivity index (χ0v) is 25.0. The first-order chi connectivity index (χ1) is 19.6. The number of aryl methyl sites for hydroxylation is 1. The number of nitrogens with one attached hydrogen (secondary N) is 1. The molecule has 1 N–H and O–H groups in total. The van der Waals surface area contributed by atoms with E-state index < -0.39 is 28.5 Å². The number of anilines is 1. The standard InChI is InChI=1S/C32H39N3O5S/c1-23-12-10-19-30(24(23)2)35(41(38,39)29-17-6-5-7-18-29)22-31(36)34(21-26-13-11-16-28(20-26)40-4)25(3)32(37)33-27-14-8-9-15-27/h5-7,10-13,16-20,25,27H,8-9,14-15,21-22H2,1-4H3,(H,33,37). The average molecular weight is 578 g/mol. The normalized spacial score (nSPS) is 14.3. The van der Waals surface area contributed by atoms with Gasteiger partial charge in [-0.05, 0) is 80.6 Å². The molecule has 4 rings (SSSR count). The van der Waals surface area contributed by atoms with E-state index in [2.05, 4.69) is 5.32 Å². The van der Waals surface area contributed by atoms with Crippen LogP contribution in [-0.2, 0) is 26.2 Å². The van der Waals surface area contributed by atoms with Crippen LogP contribution in [0.2, 0.25) is 0 Å². The Morgan fingerprint density at radius 2 is 1.66 bits per heavy atom. The first-order valence-corrected chi connectivity index (χ1v) is 15.4. The maximum atomic E-state index is 14.2. The van der Waals surface area contributed by atoms with Gasteiger partial charge in [-0.2, -0.15) is 0 Å². The lowest BCUT2D eigenvalue weighted by Gasteiger charge is -2.33. The summed E-state index contributed by atoms with van der Waals surface area (Å²) in [6.45, 7) is 5.08. The van der Waals surface area contributed by atoms with Crippen molar-refractivity contribution in [2.45, 2.75) is 70.0 Å². The van der Waals surface area contributed by atoms with Crippen molar-refractivity contribution < 1.29 is 22.7 Å². The van der Waals surface area contributed by atoms with Crippen molar-refractivity contribution in [2.24, 2.45) is 0 Å². The highest BCUT2D eigenvalue weighted by Crippen LogP contribution is 2.29. The Bertz CT molecular complexity index is 1470. The van der Waals surface area contributed by atoms with E-state index in [4.69, 9.17) is 4.74 Å². The van der Waals surface area contributed by atoms with E-state index >= 15 is 0 Å². The first-order valence-electron chi connectivity index (χ1n) is 14.0. The highest BCUT2D eigenvalue weighted by atomic mass is 32.2. The molecule has 0 aliphatic heterocycles. The topological polar surface area (TPSA) is 96.0 Å². The van der Waals surface area contributed by atoms with Crippen LogP contribution in [0, 0.1) is 13.8 Å². The van der Waals surface area contributed by atoms with Gasteiger partial charge in [-0.15, -0.1) is 0 Å². The summed E-state index contributed by atoms with van der Waals surface area (Å²) in [7, 11) is -2.54. The van der Waals surface area contributed by atoms with Crippen molar-refractivity contribution in [3.8, 4) is 5.75 Å². The molecule has 1 aliphatic carbocycles. The molecule has 218 valence electrons. The molecule has 0 saturated heterocycles. The third kappa shape index (κ3) is 7.08. The maximum absolute atomic E-state index is 14.2. The fraction of sp³-hybridized carbons (Fsp3) is 0.375. The molecule has 1 aliphatic rings. The van der Waals surface area contributed by atoms with Gasteiger partial charge in [0.15, 0.2) is 0 Å². The van der Waals surface area contributed by atoms with Gasteiger partial charge in [0.05, 0.1) is 17.7 Å². The number of rotatable bonds is 11. The third-order valence-electron chi connectivity index (χ3n) is 7.81. The largest absolute Gasteiger partial charge is 0.497 e. The Morgan fingerprint density at radius 3 is 2.34 bits per heavy atom. The number of hydrogen-bond donors (Lipinski definition) is 1. The van der Waals surface area contributed by atoms with Crippen LogP contribution in [-0.4, -0.2) is 50.9 Å². The summed E-state index contributed by atoms with van der Waals surface area (Å²) < 4.78 is 34.5. The number of sulfonamides is 1. The molecule has 2 amide bonds. The van der Waals surface area contributed by atoms with Crippen LogP contribution >= 0.6 is 0 Å². The van der Waals surface area contributed by atoms with Crippen LogP contribution in [0.15, 0.2) is 77.7 Å². The van der Waals surface area contributed by atoms with E-state index in [0.717, 1.165) is 46.7 Å². The summed E-state index contributed by atoms with van der Waals surface area (Å²) in [4.78, 5) is 29.1. The Morgan fingerprint density at radius 1 is 0.976 bits per heavy atom. The van der Waals surface area contributed by atoms with Gasteiger partial charge >= 0.3 is 0 Å². The predicted octanol–water partition coefficient (Wildman–Crippen LogP) is 4.98. The number of methoxy groups -OCH3 is 1. The average Bonchev–Trinajstić information content (AvgIpc) is 3.49. The van der Waals surface area contributed by atoms with Crippen LogP contribution in [0.25, 0.3) is 0 Å². The number of hydrogen-bond acceptors (Lipinski definition) is 5. The van der Waals surface area contributed by atoms with E-state index in [-0.39, 0.29) is 23.4 Å². The van der Waals surface area contributed by atoms with E-state index in [0.29, 0.717) is 11.4 Å². The van der Waals surface area contributed by atoms with Crippen molar-refractivity contribution >= 4 is 27.5 Å². The molecule has 0 radical (unpaired) electrons. The van der Waals surface area contributed by atoms with Gasteiger partial charge in [-0.1, -0.05) is 55.3 Å². The van der Waals surface area contributed by atoms with Crippen LogP contribution in [0.1, 0.15) is 49.3 Å². The zero-order chi connectivity index (χ0) is 29.6. The Balaban J connectivity index is 1.71. The van der Waals surface area contributed by atoms with Gasteiger partial charge in [0, 0.05) is 12.6 Å². The Labute approximate surface area is 243 Å². The number of benzene rings is 3. The number of nitrogens with zero attached hydrogens (tertiary/aromatic N) is 2. The van der Waals surface area contributed by atoms with Gasteiger partial charge in [0.25, 0.3) is 10.0 Å². The lowest BCUT2D eigenvalue weighted by molar-refractivity contribution is -0.139. The molecule has 1 fully saturated rings. The monoisotopic (exact) mass is 577 g/mol. The molecule has 0 spiro atoms. The minimum absolute atomic E-state index is 0.0834. The molecule has 1 saturated carbocycles. The van der Waals surface area contributed by atoms with E-state index in [1.807, 2.05) is 38.1 Å². The molecule has 0 heterocycles. The van der Waals surface area contributed by atoms with Crippen LogP contribution < -0.4 is 14.4 Å². The Kier molecular flexibility index (Phi) is 9.70. The van der Waals surface area contributed by atoms with E-state index in [9.17, 15) is 18.0 Å². The number of carbonyl (C=O) groups excluding carboxylic acids is 2. The van der Waals surface area contributed by atoms with Crippen molar-refractivity contribution in [3.63, 3.8) is 0 Å². The fourth-order valence-corrected chi connectivity index (χ4v) is 6.67. The van der Waals surface area contributed by atoms with Gasteiger partial charge in [0.2, 0.25) is 11.8 Å². The van der Waals surface area contributed by atoms with Crippen LogP contribution in [0.4, 0.5) is 5.69 Å². The van der Waals surface area contributed by atoms with Crippen molar-refractivity contribution in [2.75, 3.05) is 18.0 Å². The van der Waals surface area contributed by atoms with Crippen molar-refractivity contribution in [1.29, 1.82) is 0 Å². The molecule has 1 atom stereocenters. The molecule has 1 unspecified atom stereocenters. The van der Waals surface area contributed by atoms with Gasteiger partial charge in [0.1, 0.15) is 18.3 Å². The number of amides is 2. The second-order valence-corrected chi connectivity index (χ2v) is 12.4. The lowest BCUT2D eigenvalue weighted by Crippen LogP contribution is -2.52. The molecule has 0 aromatic heterocycles. The molecule has 3 aromatic rings. The Hall–Kier alpha value is -3.85. The summed E-state index contributed by atoms with van der Waals surface area (Å²) in [6.07, 6.45) is 3.96. The third-order valence-corrected chi connectivity index (χ3v) is 9.58.